The number of benzene rings is 2. The van der Waals surface area contributed by atoms with E-state index in [1.807, 2.05) is 30.3 Å². The molecule has 0 radical (unpaired) electrons. The molecule has 5 heteroatoms. The number of halogens is 1. The van der Waals surface area contributed by atoms with Crippen LogP contribution in [0.3, 0.4) is 0 Å². The lowest BCUT2D eigenvalue weighted by Gasteiger charge is -2.10. The first-order chi connectivity index (χ1) is 10.3. The lowest BCUT2D eigenvalue weighted by molar-refractivity contribution is 0.718. The number of rotatable bonds is 5. The van der Waals surface area contributed by atoms with Gasteiger partial charge in [-0.1, -0.05) is 48.5 Å². The zero-order chi connectivity index (χ0) is 14.7. The Hall–Kier alpha value is -1.07. The van der Waals surface area contributed by atoms with E-state index in [1.165, 1.54) is 9.60 Å². The molecule has 1 aromatic heterocycles. The van der Waals surface area contributed by atoms with Gasteiger partial charge in [-0.2, -0.15) is 0 Å². The molecule has 1 N–H and O–H groups in total. The minimum absolute atomic E-state index is 0.781. The summed E-state index contributed by atoms with van der Waals surface area (Å²) in [6.07, 6.45) is 0. The molecule has 0 amide bonds. The van der Waals surface area contributed by atoms with Gasteiger partial charge < -0.3 is 5.32 Å². The summed E-state index contributed by atoms with van der Waals surface area (Å²) in [5.41, 5.74) is 2.20. The Morgan fingerprint density at radius 3 is 2.86 bits per heavy atom. The quantitative estimate of drug-likeness (QED) is 0.693. The first-order valence-electron chi connectivity index (χ1n) is 6.79. The highest BCUT2D eigenvalue weighted by Crippen LogP contribution is 2.37. The van der Waals surface area contributed by atoms with Crippen molar-refractivity contribution in [2.45, 2.75) is 22.7 Å². The second-order valence-corrected chi connectivity index (χ2v) is 7.27. The lowest BCUT2D eigenvalue weighted by Crippen LogP contribution is -2.12. The number of nitrogens with zero attached hydrogens (tertiary/aromatic N) is 1. The van der Waals surface area contributed by atoms with Crippen LogP contribution in [0.5, 0.6) is 0 Å². The van der Waals surface area contributed by atoms with Crippen LogP contribution in [-0.2, 0) is 6.54 Å². The maximum absolute atomic E-state index is 6.34. The third kappa shape index (κ3) is 3.40. The Balaban J connectivity index is 1.91. The highest BCUT2D eigenvalue weighted by Gasteiger charge is 2.11. The predicted octanol–water partition coefficient (Wildman–Crippen LogP) is 5.21. The molecular formula is C16H15ClN2S2. The summed E-state index contributed by atoms with van der Waals surface area (Å²) in [6, 6.07) is 14.3. The molecule has 3 rings (SSSR count). The van der Waals surface area contributed by atoms with E-state index in [9.17, 15) is 0 Å². The SMILES string of the molecule is CCNCc1c(Cl)cccc1Sc1nc2ccccc2s1. The Morgan fingerprint density at radius 1 is 1.19 bits per heavy atom. The summed E-state index contributed by atoms with van der Waals surface area (Å²) in [7, 11) is 0. The van der Waals surface area contributed by atoms with Crippen LogP contribution in [0.2, 0.25) is 5.02 Å². The highest BCUT2D eigenvalue weighted by molar-refractivity contribution is 8.01. The van der Waals surface area contributed by atoms with Gasteiger partial charge in [-0.15, -0.1) is 11.3 Å². The molecule has 0 saturated heterocycles. The molecule has 2 nitrogen and oxygen atoms in total. The molecule has 0 spiro atoms. The van der Waals surface area contributed by atoms with Gasteiger partial charge in [-0.05, 0) is 36.4 Å². The normalized spacial score (nSPS) is 11.1. The minimum atomic E-state index is 0.781. The molecule has 0 aliphatic carbocycles. The van der Waals surface area contributed by atoms with E-state index >= 15 is 0 Å². The molecule has 0 bridgehead atoms. The van der Waals surface area contributed by atoms with Gasteiger partial charge in [0.25, 0.3) is 0 Å². The average Bonchev–Trinajstić information content (AvgIpc) is 2.89. The smallest absolute Gasteiger partial charge is 0.155 e. The van der Waals surface area contributed by atoms with Gasteiger partial charge in [-0.3, -0.25) is 0 Å². The van der Waals surface area contributed by atoms with E-state index in [4.69, 9.17) is 11.6 Å². The summed E-state index contributed by atoms with van der Waals surface area (Å²) in [4.78, 5) is 5.85. The number of para-hydroxylation sites is 1. The van der Waals surface area contributed by atoms with Gasteiger partial charge in [0, 0.05) is 16.5 Å². The van der Waals surface area contributed by atoms with Gasteiger partial charge in [0.1, 0.15) is 0 Å². The fourth-order valence-electron chi connectivity index (χ4n) is 2.04. The summed E-state index contributed by atoms with van der Waals surface area (Å²) in [6.45, 7) is 3.80. The largest absolute Gasteiger partial charge is 0.313 e. The van der Waals surface area contributed by atoms with E-state index in [-0.39, 0.29) is 0 Å². The minimum Gasteiger partial charge on any atom is -0.313 e. The Kier molecular flexibility index (Phi) is 4.80. The third-order valence-electron chi connectivity index (χ3n) is 3.10. The zero-order valence-corrected chi connectivity index (χ0v) is 14.0. The van der Waals surface area contributed by atoms with E-state index in [0.717, 1.165) is 33.5 Å². The fourth-order valence-corrected chi connectivity index (χ4v) is 4.53. The van der Waals surface area contributed by atoms with E-state index < -0.39 is 0 Å². The zero-order valence-electron chi connectivity index (χ0n) is 11.6. The van der Waals surface area contributed by atoms with E-state index in [0.29, 0.717) is 0 Å². The van der Waals surface area contributed by atoms with Crippen molar-refractivity contribution in [1.29, 1.82) is 0 Å². The first kappa shape index (κ1) is 14.9. The Bertz CT molecular complexity index is 722. The fraction of sp³-hybridized carbons (Fsp3) is 0.188. The molecular weight excluding hydrogens is 320 g/mol. The molecule has 21 heavy (non-hydrogen) atoms. The topological polar surface area (TPSA) is 24.9 Å². The van der Waals surface area contributed by atoms with Crippen LogP contribution in [0, 0.1) is 0 Å². The molecule has 2 aromatic carbocycles. The maximum Gasteiger partial charge on any atom is 0.155 e. The number of thiazole rings is 1. The summed E-state index contributed by atoms with van der Waals surface area (Å²) in [5.74, 6) is 0. The molecule has 1 heterocycles. The second-order valence-electron chi connectivity index (χ2n) is 4.55. The van der Waals surface area contributed by atoms with E-state index in [1.54, 1.807) is 23.1 Å². The van der Waals surface area contributed by atoms with Crippen molar-refractivity contribution in [2.24, 2.45) is 0 Å². The number of fused-ring (bicyclic) bond motifs is 1. The van der Waals surface area contributed by atoms with Gasteiger partial charge in [0.2, 0.25) is 0 Å². The monoisotopic (exact) mass is 334 g/mol. The number of nitrogens with one attached hydrogen (secondary N) is 1. The molecule has 108 valence electrons. The molecule has 3 aromatic rings. The summed E-state index contributed by atoms with van der Waals surface area (Å²) < 4.78 is 2.27. The van der Waals surface area contributed by atoms with Crippen LogP contribution >= 0.6 is 34.7 Å². The molecule has 0 aliphatic heterocycles. The molecule has 0 atom stereocenters. The van der Waals surface area contributed by atoms with Gasteiger partial charge in [-0.25, -0.2) is 4.98 Å². The third-order valence-corrected chi connectivity index (χ3v) is 5.65. The van der Waals surface area contributed by atoms with Crippen LogP contribution in [0.25, 0.3) is 10.2 Å². The van der Waals surface area contributed by atoms with Crippen LogP contribution in [0.4, 0.5) is 0 Å². The van der Waals surface area contributed by atoms with Crippen LogP contribution < -0.4 is 5.32 Å². The Labute approximate surface area is 137 Å². The molecule has 0 saturated carbocycles. The summed E-state index contributed by atoms with van der Waals surface area (Å²) >= 11 is 9.75. The van der Waals surface area contributed by atoms with E-state index in [2.05, 4.69) is 29.4 Å². The van der Waals surface area contributed by atoms with Gasteiger partial charge in [0.05, 0.1) is 10.2 Å². The van der Waals surface area contributed by atoms with Crippen LogP contribution in [-0.4, -0.2) is 11.5 Å². The molecule has 0 fully saturated rings. The maximum atomic E-state index is 6.34. The second kappa shape index (κ2) is 6.79. The highest BCUT2D eigenvalue weighted by atomic mass is 35.5. The van der Waals surface area contributed by atoms with Crippen molar-refractivity contribution in [2.75, 3.05) is 6.54 Å². The van der Waals surface area contributed by atoms with Crippen molar-refractivity contribution in [3.8, 4) is 0 Å². The van der Waals surface area contributed by atoms with Crippen LogP contribution in [0.15, 0.2) is 51.7 Å². The van der Waals surface area contributed by atoms with Crippen molar-refractivity contribution in [1.82, 2.24) is 10.3 Å². The average molecular weight is 335 g/mol. The standard InChI is InChI=1S/C16H15ClN2S2/c1-2-18-10-11-12(17)6-5-9-14(11)20-16-19-13-7-3-4-8-15(13)21-16/h3-9,18H,2,10H2,1H3. The summed E-state index contributed by atoms with van der Waals surface area (Å²) in [5, 5.41) is 4.15. The van der Waals surface area contributed by atoms with Gasteiger partial charge in [0.15, 0.2) is 4.34 Å². The molecule has 0 aliphatic rings. The van der Waals surface area contributed by atoms with Crippen molar-refractivity contribution in [3.05, 3.63) is 53.1 Å². The number of hydrogen-bond donors (Lipinski definition) is 1. The predicted molar refractivity (Wildman–Crippen MR) is 92.6 cm³/mol. The number of aromatic nitrogens is 1. The number of hydrogen-bond acceptors (Lipinski definition) is 4. The van der Waals surface area contributed by atoms with Crippen LogP contribution in [0.1, 0.15) is 12.5 Å². The van der Waals surface area contributed by atoms with Crippen molar-refractivity contribution < 1.29 is 0 Å². The lowest BCUT2D eigenvalue weighted by atomic mass is 10.2. The van der Waals surface area contributed by atoms with Crippen molar-refractivity contribution >= 4 is 44.9 Å². The van der Waals surface area contributed by atoms with Crippen molar-refractivity contribution in [3.63, 3.8) is 0 Å². The van der Waals surface area contributed by atoms with Gasteiger partial charge >= 0.3 is 0 Å². The Morgan fingerprint density at radius 2 is 2.05 bits per heavy atom. The first-order valence-corrected chi connectivity index (χ1v) is 8.80. The molecule has 0 unspecified atom stereocenters.